The van der Waals surface area contributed by atoms with E-state index in [-0.39, 0.29) is 18.2 Å². The molecule has 1 amide bonds. The van der Waals surface area contributed by atoms with E-state index >= 15 is 0 Å². The average molecular weight is 332 g/mol. The van der Waals surface area contributed by atoms with Crippen molar-refractivity contribution in [1.82, 2.24) is 14.8 Å². The number of nitrogens with two attached hydrogens (primary N) is 1. The van der Waals surface area contributed by atoms with E-state index in [0.29, 0.717) is 33.5 Å². The Kier molecular flexibility index (Phi) is 4.01. The van der Waals surface area contributed by atoms with Crippen LogP contribution in [0.4, 0.5) is 0 Å². The van der Waals surface area contributed by atoms with Crippen LogP contribution in [-0.2, 0) is 0 Å². The smallest absolute Gasteiger partial charge is 0.259 e. The van der Waals surface area contributed by atoms with Crippen LogP contribution in [0.25, 0.3) is 22.2 Å². The van der Waals surface area contributed by atoms with Gasteiger partial charge in [0.1, 0.15) is 5.69 Å². The number of amides is 1. The van der Waals surface area contributed by atoms with Crippen molar-refractivity contribution in [2.45, 2.75) is 19.4 Å². The van der Waals surface area contributed by atoms with Crippen molar-refractivity contribution in [2.75, 3.05) is 6.61 Å². The Morgan fingerprint density at radius 1 is 1.57 bits per heavy atom. The SMILES string of the molecule is CC[C@@H](CO)n1nc(-c2csc(C(N)=O)c2)c2c(=O)[nH]ccc21. The average Bonchev–Trinajstić information content (AvgIpc) is 3.14. The number of rotatable bonds is 5. The molecule has 0 aliphatic rings. The molecule has 3 rings (SSSR count). The highest BCUT2D eigenvalue weighted by molar-refractivity contribution is 7.12. The van der Waals surface area contributed by atoms with E-state index < -0.39 is 5.91 Å². The summed E-state index contributed by atoms with van der Waals surface area (Å²) in [4.78, 5) is 26.6. The van der Waals surface area contributed by atoms with Crippen LogP contribution in [0.1, 0.15) is 29.1 Å². The topological polar surface area (TPSA) is 114 Å². The number of primary amides is 1. The molecule has 0 saturated carbocycles. The van der Waals surface area contributed by atoms with E-state index in [4.69, 9.17) is 5.73 Å². The molecule has 3 aromatic heterocycles. The molecule has 120 valence electrons. The van der Waals surface area contributed by atoms with Gasteiger partial charge in [0.15, 0.2) is 0 Å². The number of aromatic nitrogens is 3. The molecular formula is C15H16N4O3S. The summed E-state index contributed by atoms with van der Waals surface area (Å²) in [6.45, 7) is 1.87. The standard InChI is InChI=1S/C15H16N4O3S/c1-2-9(6-20)19-10-3-4-17-15(22)12(10)13(18-19)8-5-11(14(16)21)23-7-8/h3-5,7,9,20H,2,6H2,1H3,(H2,16,21)(H,17,22)/t9-/m0/s1. The second-order valence-corrected chi connectivity index (χ2v) is 6.08. The maximum atomic E-state index is 12.3. The molecule has 0 bridgehead atoms. The molecule has 0 spiro atoms. The number of aliphatic hydroxyl groups excluding tert-OH is 1. The van der Waals surface area contributed by atoms with Gasteiger partial charge < -0.3 is 15.8 Å². The predicted octanol–water partition coefficient (Wildman–Crippen LogP) is 1.50. The number of thiophene rings is 1. The van der Waals surface area contributed by atoms with Gasteiger partial charge in [-0.05, 0) is 18.6 Å². The molecule has 3 aromatic rings. The van der Waals surface area contributed by atoms with Gasteiger partial charge >= 0.3 is 0 Å². The molecular weight excluding hydrogens is 316 g/mol. The third kappa shape index (κ3) is 2.55. The molecule has 0 unspecified atom stereocenters. The largest absolute Gasteiger partial charge is 0.394 e. The zero-order valence-corrected chi connectivity index (χ0v) is 13.3. The Morgan fingerprint density at radius 2 is 2.35 bits per heavy atom. The monoisotopic (exact) mass is 332 g/mol. The number of nitrogens with zero attached hydrogens (tertiary/aromatic N) is 2. The second kappa shape index (κ2) is 5.98. The molecule has 3 heterocycles. The van der Waals surface area contributed by atoms with Gasteiger partial charge in [0.2, 0.25) is 0 Å². The Morgan fingerprint density at radius 3 is 2.96 bits per heavy atom. The number of aliphatic hydroxyl groups is 1. The summed E-state index contributed by atoms with van der Waals surface area (Å²) in [7, 11) is 0. The van der Waals surface area contributed by atoms with Gasteiger partial charge in [-0.15, -0.1) is 11.3 Å². The number of H-pyrrole nitrogens is 1. The molecule has 8 heteroatoms. The minimum absolute atomic E-state index is 0.0737. The molecule has 0 aliphatic carbocycles. The van der Waals surface area contributed by atoms with Crippen molar-refractivity contribution in [2.24, 2.45) is 5.73 Å². The van der Waals surface area contributed by atoms with Gasteiger partial charge in [-0.2, -0.15) is 5.10 Å². The van der Waals surface area contributed by atoms with E-state index in [1.54, 1.807) is 28.4 Å². The summed E-state index contributed by atoms with van der Waals surface area (Å²) in [6.07, 6.45) is 2.23. The highest BCUT2D eigenvalue weighted by Gasteiger charge is 2.20. The van der Waals surface area contributed by atoms with Crippen molar-refractivity contribution < 1.29 is 9.90 Å². The summed E-state index contributed by atoms with van der Waals surface area (Å²) >= 11 is 1.21. The van der Waals surface area contributed by atoms with Gasteiger partial charge in [0, 0.05) is 17.1 Å². The van der Waals surface area contributed by atoms with Gasteiger partial charge in [0.25, 0.3) is 11.5 Å². The number of carbonyl (C=O) groups is 1. The lowest BCUT2D eigenvalue weighted by molar-refractivity contribution is 0.100. The first-order valence-electron chi connectivity index (χ1n) is 7.16. The van der Waals surface area contributed by atoms with Crippen LogP contribution in [0.2, 0.25) is 0 Å². The van der Waals surface area contributed by atoms with Crippen molar-refractivity contribution in [1.29, 1.82) is 0 Å². The molecule has 4 N–H and O–H groups in total. The summed E-state index contributed by atoms with van der Waals surface area (Å²) in [5.41, 5.74) is 6.83. The van der Waals surface area contributed by atoms with E-state index in [0.717, 1.165) is 0 Å². The first-order valence-corrected chi connectivity index (χ1v) is 8.04. The fourth-order valence-electron chi connectivity index (χ4n) is 2.55. The number of pyridine rings is 1. The second-order valence-electron chi connectivity index (χ2n) is 5.17. The number of carbonyl (C=O) groups excluding carboxylic acids is 1. The maximum Gasteiger partial charge on any atom is 0.259 e. The Balaban J connectivity index is 2.28. The summed E-state index contributed by atoms with van der Waals surface area (Å²) in [5.74, 6) is -0.513. The molecule has 0 aromatic carbocycles. The van der Waals surface area contributed by atoms with E-state index in [1.165, 1.54) is 11.3 Å². The molecule has 1 atom stereocenters. The van der Waals surface area contributed by atoms with Gasteiger partial charge in [-0.25, -0.2) is 0 Å². The van der Waals surface area contributed by atoms with Crippen LogP contribution >= 0.6 is 11.3 Å². The zero-order valence-electron chi connectivity index (χ0n) is 12.4. The highest BCUT2D eigenvalue weighted by atomic mass is 32.1. The lowest BCUT2D eigenvalue weighted by Crippen LogP contribution is -2.14. The quantitative estimate of drug-likeness (QED) is 0.657. The predicted molar refractivity (Wildman–Crippen MR) is 88.6 cm³/mol. The number of hydrogen-bond donors (Lipinski definition) is 3. The minimum atomic E-state index is -0.513. The molecule has 0 saturated heterocycles. The summed E-state index contributed by atoms with van der Waals surface area (Å²) in [6, 6.07) is 3.17. The molecule has 23 heavy (non-hydrogen) atoms. The molecule has 0 fully saturated rings. The third-order valence-electron chi connectivity index (χ3n) is 3.77. The van der Waals surface area contributed by atoms with Crippen LogP contribution in [0.15, 0.2) is 28.5 Å². The summed E-state index contributed by atoms with van der Waals surface area (Å²) < 4.78 is 1.67. The number of fused-ring (bicyclic) bond motifs is 1. The lowest BCUT2D eigenvalue weighted by atomic mass is 10.1. The van der Waals surface area contributed by atoms with Gasteiger partial charge in [-0.1, -0.05) is 6.92 Å². The molecule has 0 radical (unpaired) electrons. The van der Waals surface area contributed by atoms with E-state index in [2.05, 4.69) is 10.1 Å². The zero-order chi connectivity index (χ0) is 16.6. The fraction of sp³-hybridized carbons (Fsp3) is 0.267. The number of hydrogen-bond acceptors (Lipinski definition) is 5. The lowest BCUT2D eigenvalue weighted by Gasteiger charge is -2.13. The van der Waals surface area contributed by atoms with Gasteiger partial charge in [-0.3, -0.25) is 14.3 Å². The Labute approximate surface area is 135 Å². The van der Waals surface area contributed by atoms with Crippen LogP contribution in [0, 0.1) is 0 Å². The summed E-state index contributed by atoms with van der Waals surface area (Å²) in [5, 5.41) is 16.3. The highest BCUT2D eigenvalue weighted by Crippen LogP contribution is 2.31. The molecule has 7 nitrogen and oxygen atoms in total. The fourth-order valence-corrected chi connectivity index (χ4v) is 3.29. The van der Waals surface area contributed by atoms with Crippen molar-refractivity contribution in [3.8, 4) is 11.3 Å². The molecule has 0 aliphatic heterocycles. The first kappa shape index (κ1) is 15.4. The van der Waals surface area contributed by atoms with E-state index in [9.17, 15) is 14.7 Å². The van der Waals surface area contributed by atoms with Crippen molar-refractivity contribution in [3.05, 3.63) is 38.9 Å². The van der Waals surface area contributed by atoms with Crippen LogP contribution in [0.5, 0.6) is 0 Å². The number of nitrogens with one attached hydrogen (secondary N) is 1. The van der Waals surface area contributed by atoms with E-state index in [1.807, 2.05) is 6.92 Å². The Hall–Kier alpha value is -2.45. The van der Waals surface area contributed by atoms with Crippen LogP contribution in [0.3, 0.4) is 0 Å². The normalized spacial score (nSPS) is 12.6. The number of aromatic amines is 1. The minimum Gasteiger partial charge on any atom is -0.394 e. The van der Waals surface area contributed by atoms with Crippen LogP contribution in [-0.4, -0.2) is 32.4 Å². The van der Waals surface area contributed by atoms with Crippen molar-refractivity contribution >= 4 is 28.1 Å². The maximum absolute atomic E-state index is 12.3. The van der Waals surface area contributed by atoms with Crippen LogP contribution < -0.4 is 11.3 Å². The van der Waals surface area contributed by atoms with Gasteiger partial charge in [0.05, 0.1) is 28.4 Å². The Bertz CT molecular complexity index is 920. The van der Waals surface area contributed by atoms with Crippen molar-refractivity contribution in [3.63, 3.8) is 0 Å². The third-order valence-corrected chi connectivity index (χ3v) is 4.72. The first-order chi connectivity index (χ1) is 11.1.